The highest BCUT2D eigenvalue weighted by Crippen LogP contribution is 2.29. The average Bonchev–Trinajstić information content (AvgIpc) is 2.54. The molecule has 10 nitrogen and oxygen atoms in total. The van der Waals surface area contributed by atoms with Crippen molar-refractivity contribution in [1.29, 1.82) is 0 Å². The van der Waals surface area contributed by atoms with Crippen molar-refractivity contribution >= 4 is 5.91 Å². The first kappa shape index (κ1) is 20.5. The van der Waals surface area contributed by atoms with E-state index < -0.39 is 67.8 Å². The summed E-state index contributed by atoms with van der Waals surface area (Å²) in [6.45, 7) is 2.47. The number of nitrogens with one attached hydrogen (secondary N) is 1. The molecule has 10 heteroatoms. The van der Waals surface area contributed by atoms with Crippen LogP contribution in [-0.2, 0) is 23.7 Å². The van der Waals surface area contributed by atoms with E-state index in [1.165, 1.54) is 14.0 Å². The van der Waals surface area contributed by atoms with Gasteiger partial charge in [-0.15, -0.1) is 0 Å². The second-order valence-electron chi connectivity index (χ2n) is 6.35. The fourth-order valence-electron chi connectivity index (χ4n) is 3.12. The summed E-state index contributed by atoms with van der Waals surface area (Å²) < 4.78 is 21.9. The van der Waals surface area contributed by atoms with Crippen molar-refractivity contribution in [3.05, 3.63) is 0 Å². The molecule has 25 heavy (non-hydrogen) atoms. The van der Waals surface area contributed by atoms with E-state index in [0.29, 0.717) is 0 Å². The smallest absolute Gasteiger partial charge is 0.217 e. The summed E-state index contributed by atoms with van der Waals surface area (Å²) in [5.41, 5.74) is 0. The quantitative estimate of drug-likeness (QED) is 0.355. The predicted molar refractivity (Wildman–Crippen MR) is 82.2 cm³/mol. The summed E-state index contributed by atoms with van der Waals surface area (Å²) in [6, 6.07) is -0.997. The first-order valence-electron chi connectivity index (χ1n) is 8.19. The number of amides is 1. The molecule has 2 aliphatic rings. The van der Waals surface area contributed by atoms with Crippen LogP contribution in [-0.4, -0.2) is 95.3 Å². The van der Waals surface area contributed by atoms with Crippen LogP contribution in [0, 0.1) is 0 Å². The minimum Gasteiger partial charge on any atom is -0.394 e. The monoisotopic (exact) mass is 365 g/mol. The molecule has 0 bridgehead atoms. The van der Waals surface area contributed by atoms with Crippen molar-refractivity contribution in [3.63, 3.8) is 0 Å². The first-order chi connectivity index (χ1) is 11.8. The lowest BCUT2D eigenvalue weighted by Crippen LogP contribution is -2.66. The van der Waals surface area contributed by atoms with Gasteiger partial charge in [-0.3, -0.25) is 4.79 Å². The van der Waals surface area contributed by atoms with E-state index in [4.69, 9.17) is 18.9 Å². The summed E-state index contributed by atoms with van der Waals surface area (Å²) in [5, 5.41) is 42.0. The second-order valence-corrected chi connectivity index (χ2v) is 6.35. The van der Waals surface area contributed by atoms with Gasteiger partial charge in [0.15, 0.2) is 12.6 Å². The highest BCUT2D eigenvalue weighted by atomic mass is 16.7. The van der Waals surface area contributed by atoms with E-state index in [-0.39, 0.29) is 6.42 Å². The number of hydrogen-bond acceptors (Lipinski definition) is 9. The van der Waals surface area contributed by atoms with Crippen LogP contribution in [0.1, 0.15) is 20.3 Å². The Morgan fingerprint density at radius 1 is 1.20 bits per heavy atom. The number of ether oxygens (including phenoxy) is 4. The van der Waals surface area contributed by atoms with Crippen LogP contribution in [0.5, 0.6) is 0 Å². The molecule has 2 rings (SSSR count). The Kier molecular flexibility index (Phi) is 7.11. The van der Waals surface area contributed by atoms with Crippen LogP contribution in [0.2, 0.25) is 0 Å². The van der Waals surface area contributed by atoms with E-state index >= 15 is 0 Å². The van der Waals surface area contributed by atoms with Crippen LogP contribution in [0.3, 0.4) is 0 Å². The third kappa shape index (κ3) is 4.66. The summed E-state index contributed by atoms with van der Waals surface area (Å²) in [5.74, 6) is -0.424. The van der Waals surface area contributed by atoms with Crippen molar-refractivity contribution in [2.75, 3.05) is 13.7 Å². The van der Waals surface area contributed by atoms with E-state index in [0.717, 1.165) is 0 Å². The Morgan fingerprint density at radius 2 is 1.88 bits per heavy atom. The molecule has 9 atom stereocenters. The Morgan fingerprint density at radius 3 is 2.44 bits per heavy atom. The molecular formula is C15H27NO9. The Labute approximate surface area is 145 Å². The zero-order valence-electron chi connectivity index (χ0n) is 14.4. The molecule has 5 N–H and O–H groups in total. The number of rotatable bonds is 5. The van der Waals surface area contributed by atoms with Crippen LogP contribution in [0.15, 0.2) is 0 Å². The lowest BCUT2D eigenvalue weighted by atomic mass is 9.95. The van der Waals surface area contributed by atoms with Crippen LogP contribution >= 0.6 is 0 Å². The van der Waals surface area contributed by atoms with Crippen molar-refractivity contribution in [3.8, 4) is 0 Å². The molecule has 2 aliphatic heterocycles. The van der Waals surface area contributed by atoms with Gasteiger partial charge in [-0.25, -0.2) is 0 Å². The zero-order valence-corrected chi connectivity index (χ0v) is 14.4. The molecule has 2 fully saturated rings. The molecule has 0 aromatic heterocycles. The fourth-order valence-corrected chi connectivity index (χ4v) is 3.12. The predicted octanol–water partition coefficient (Wildman–Crippen LogP) is -2.54. The maximum Gasteiger partial charge on any atom is 0.217 e. The highest BCUT2D eigenvalue weighted by Gasteiger charge is 2.49. The number of methoxy groups -OCH3 is 1. The molecule has 0 aliphatic carbocycles. The van der Waals surface area contributed by atoms with Gasteiger partial charge in [0.05, 0.1) is 18.8 Å². The minimum atomic E-state index is -1.44. The van der Waals surface area contributed by atoms with Crippen LogP contribution in [0.4, 0.5) is 0 Å². The van der Waals surface area contributed by atoms with Crippen molar-refractivity contribution < 1.29 is 44.2 Å². The van der Waals surface area contributed by atoms with Crippen molar-refractivity contribution in [1.82, 2.24) is 5.32 Å². The topological polar surface area (TPSA) is 147 Å². The molecule has 0 spiro atoms. The van der Waals surface area contributed by atoms with Gasteiger partial charge in [-0.1, -0.05) is 0 Å². The highest BCUT2D eigenvalue weighted by molar-refractivity contribution is 5.73. The summed E-state index contributed by atoms with van der Waals surface area (Å²) in [4.78, 5) is 11.5. The molecule has 0 unspecified atom stereocenters. The van der Waals surface area contributed by atoms with Gasteiger partial charge in [0.25, 0.3) is 0 Å². The largest absolute Gasteiger partial charge is 0.394 e. The average molecular weight is 365 g/mol. The fraction of sp³-hybridized carbons (Fsp3) is 0.933. The van der Waals surface area contributed by atoms with Gasteiger partial charge >= 0.3 is 0 Å². The lowest BCUT2D eigenvalue weighted by molar-refractivity contribution is -0.325. The van der Waals surface area contributed by atoms with E-state index in [1.54, 1.807) is 6.92 Å². The van der Waals surface area contributed by atoms with Gasteiger partial charge < -0.3 is 44.7 Å². The Bertz CT molecular complexity index is 451. The SMILES string of the molecule is CO[C@@H]1[C@H](O[C@@H]2O[C@H](C)[C@@H](O)C[C@@H]2O)[C@@H](NC(C)=O)[C@H](O)O[C@@H]1CO. The zero-order chi connectivity index (χ0) is 18.7. The van der Waals surface area contributed by atoms with Gasteiger partial charge in [0, 0.05) is 20.5 Å². The summed E-state index contributed by atoms with van der Waals surface area (Å²) in [7, 11) is 1.38. The summed E-state index contributed by atoms with van der Waals surface area (Å²) >= 11 is 0. The summed E-state index contributed by atoms with van der Waals surface area (Å²) in [6.07, 6.45) is -7.66. The van der Waals surface area contributed by atoms with Crippen molar-refractivity contribution in [2.45, 2.75) is 75.5 Å². The third-order valence-corrected chi connectivity index (χ3v) is 4.47. The number of aliphatic hydroxyl groups excluding tert-OH is 4. The molecule has 1 amide bonds. The van der Waals surface area contributed by atoms with Crippen molar-refractivity contribution in [2.24, 2.45) is 0 Å². The molecule has 146 valence electrons. The number of carbonyl (C=O) groups excluding carboxylic acids is 1. The Hall–Kier alpha value is -0.850. The Balaban J connectivity index is 2.21. The van der Waals surface area contributed by atoms with E-state index in [1.807, 2.05) is 0 Å². The first-order valence-corrected chi connectivity index (χ1v) is 8.19. The van der Waals surface area contributed by atoms with E-state index in [2.05, 4.69) is 5.32 Å². The third-order valence-electron chi connectivity index (χ3n) is 4.47. The molecular weight excluding hydrogens is 338 g/mol. The normalized spacial score (nSPS) is 45.2. The molecule has 2 saturated heterocycles. The molecule has 2 heterocycles. The number of hydrogen-bond donors (Lipinski definition) is 5. The van der Waals surface area contributed by atoms with Crippen LogP contribution < -0.4 is 5.32 Å². The van der Waals surface area contributed by atoms with Crippen LogP contribution in [0.25, 0.3) is 0 Å². The molecule has 0 radical (unpaired) electrons. The molecule has 0 aromatic rings. The maximum atomic E-state index is 11.5. The minimum absolute atomic E-state index is 0.0590. The van der Waals surface area contributed by atoms with E-state index in [9.17, 15) is 25.2 Å². The lowest BCUT2D eigenvalue weighted by Gasteiger charge is -2.46. The number of carbonyl (C=O) groups is 1. The van der Waals surface area contributed by atoms with Gasteiger partial charge in [0.2, 0.25) is 5.91 Å². The van der Waals surface area contributed by atoms with Gasteiger partial charge in [0.1, 0.15) is 30.5 Å². The maximum absolute atomic E-state index is 11.5. The standard InChI is InChI=1S/C15H27NO9/c1-6-8(19)4-9(20)15(23-6)25-13-11(16-7(2)18)14(21)24-10(5-17)12(13)22-3/h6,8-15,17,19-21H,4-5H2,1-3H3,(H,16,18)/t6-,8+,9+,10-,11-,12+,13-,14-,15+/m1/s1. The molecule has 0 aromatic carbocycles. The number of aliphatic hydroxyl groups is 4. The van der Waals surface area contributed by atoms with Gasteiger partial charge in [-0.05, 0) is 6.92 Å². The van der Waals surface area contributed by atoms with Gasteiger partial charge in [-0.2, -0.15) is 0 Å². The molecule has 0 saturated carbocycles. The second kappa shape index (κ2) is 8.69.